The van der Waals surface area contributed by atoms with E-state index in [0.717, 1.165) is 0 Å². The molecule has 0 amide bonds. The molecule has 0 aliphatic rings. The zero-order chi connectivity index (χ0) is 5.98. The number of rotatable bonds is 0. The molecule has 0 bridgehead atoms. The molecular formula is C6H8N2Na. The Labute approximate surface area is 76.5 Å². The van der Waals surface area contributed by atoms with Gasteiger partial charge in [0.25, 0.3) is 0 Å². The van der Waals surface area contributed by atoms with Crippen molar-refractivity contribution in [3.8, 4) is 0 Å². The summed E-state index contributed by atoms with van der Waals surface area (Å²) in [5.41, 5.74) is 12.2. The zero-order valence-electron chi connectivity index (χ0n) is 5.46. The van der Waals surface area contributed by atoms with E-state index in [4.69, 9.17) is 11.5 Å². The van der Waals surface area contributed by atoms with Crippen LogP contribution in [0.2, 0.25) is 0 Å². The van der Waals surface area contributed by atoms with Gasteiger partial charge in [-0.3, -0.25) is 0 Å². The second-order valence-electron chi connectivity index (χ2n) is 1.67. The topological polar surface area (TPSA) is 52.0 Å². The molecule has 0 aliphatic heterocycles. The summed E-state index contributed by atoms with van der Waals surface area (Å²) in [5.74, 6) is 0. The van der Waals surface area contributed by atoms with Crippen LogP contribution in [0.3, 0.4) is 0 Å². The Morgan fingerprint density at radius 2 is 1.44 bits per heavy atom. The molecule has 0 aromatic heterocycles. The van der Waals surface area contributed by atoms with Crippen LogP contribution in [0.15, 0.2) is 24.3 Å². The first-order chi connectivity index (χ1) is 3.79. The SMILES string of the molecule is Nc1cccc(N)c1.[Na]. The van der Waals surface area contributed by atoms with E-state index < -0.39 is 0 Å². The van der Waals surface area contributed by atoms with E-state index in [9.17, 15) is 0 Å². The van der Waals surface area contributed by atoms with Crippen LogP contribution in [-0.4, -0.2) is 29.6 Å². The molecule has 0 unspecified atom stereocenters. The van der Waals surface area contributed by atoms with Crippen molar-refractivity contribution in [2.45, 2.75) is 0 Å². The molecule has 0 heterocycles. The summed E-state index contributed by atoms with van der Waals surface area (Å²) in [6, 6.07) is 7.15. The van der Waals surface area contributed by atoms with Gasteiger partial charge in [-0.1, -0.05) is 6.07 Å². The van der Waals surface area contributed by atoms with E-state index in [0.29, 0.717) is 11.4 Å². The second-order valence-corrected chi connectivity index (χ2v) is 1.67. The van der Waals surface area contributed by atoms with E-state index in [1.165, 1.54) is 0 Å². The summed E-state index contributed by atoms with van der Waals surface area (Å²) < 4.78 is 0. The number of hydrogen-bond donors (Lipinski definition) is 2. The molecule has 4 N–H and O–H groups in total. The second kappa shape index (κ2) is 3.77. The maximum absolute atomic E-state index is 5.38. The van der Waals surface area contributed by atoms with E-state index in [1.54, 1.807) is 18.2 Å². The minimum Gasteiger partial charge on any atom is -0.399 e. The van der Waals surface area contributed by atoms with E-state index in [2.05, 4.69) is 0 Å². The fourth-order valence-corrected chi connectivity index (χ4v) is 0.559. The Balaban J connectivity index is 0.000000640. The molecule has 2 nitrogen and oxygen atoms in total. The van der Waals surface area contributed by atoms with Crippen molar-refractivity contribution < 1.29 is 0 Å². The summed E-state index contributed by atoms with van der Waals surface area (Å²) in [7, 11) is 0. The first-order valence-electron chi connectivity index (χ1n) is 2.40. The molecule has 1 aromatic rings. The number of nitrogen functional groups attached to an aromatic ring is 2. The average molecular weight is 131 g/mol. The molecule has 1 radical (unpaired) electrons. The van der Waals surface area contributed by atoms with Crippen LogP contribution in [0.25, 0.3) is 0 Å². The van der Waals surface area contributed by atoms with Crippen molar-refractivity contribution in [1.82, 2.24) is 0 Å². The Morgan fingerprint density at radius 3 is 1.67 bits per heavy atom. The Bertz CT molecular complexity index is 171. The number of benzene rings is 1. The minimum atomic E-state index is 0. The fourth-order valence-electron chi connectivity index (χ4n) is 0.559. The Kier molecular flexibility index (Phi) is 3.70. The first kappa shape index (κ1) is 8.82. The Morgan fingerprint density at radius 1 is 1.00 bits per heavy atom. The van der Waals surface area contributed by atoms with Gasteiger partial charge in [-0.25, -0.2) is 0 Å². The van der Waals surface area contributed by atoms with Gasteiger partial charge in [0.05, 0.1) is 0 Å². The van der Waals surface area contributed by atoms with Crippen LogP contribution in [0.1, 0.15) is 0 Å². The standard InChI is InChI=1S/C6H8N2.Na/c7-5-2-1-3-6(8)4-5;/h1-4H,7-8H2;. The molecule has 0 aliphatic carbocycles. The number of anilines is 2. The fraction of sp³-hybridized carbons (Fsp3) is 0. The molecule has 3 heteroatoms. The average Bonchev–Trinajstić information content (AvgIpc) is 1.64. The van der Waals surface area contributed by atoms with Crippen molar-refractivity contribution >= 4 is 40.9 Å². The van der Waals surface area contributed by atoms with E-state index in [-0.39, 0.29) is 29.6 Å². The maximum Gasteiger partial charge on any atom is 0.0334 e. The molecular weight excluding hydrogens is 123 g/mol. The van der Waals surface area contributed by atoms with Crippen molar-refractivity contribution in [2.75, 3.05) is 11.5 Å². The molecule has 9 heavy (non-hydrogen) atoms. The molecule has 0 fully saturated rings. The van der Waals surface area contributed by atoms with Crippen molar-refractivity contribution in [3.63, 3.8) is 0 Å². The normalized spacial score (nSPS) is 8.00. The summed E-state index contributed by atoms with van der Waals surface area (Å²) >= 11 is 0. The molecule has 43 valence electrons. The van der Waals surface area contributed by atoms with Gasteiger partial charge in [0.1, 0.15) is 0 Å². The predicted octanol–water partition coefficient (Wildman–Crippen LogP) is 0.470. The summed E-state index contributed by atoms with van der Waals surface area (Å²) in [4.78, 5) is 0. The minimum absolute atomic E-state index is 0. The van der Waals surface area contributed by atoms with Gasteiger partial charge in [-0.15, -0.1) is 0 Å². The van der Waals surface area contributed by atoms with Crippen LogP contribution >= 0.6 is 0 Å². The monoisotopic (exact) mass is 131 g/mol. The molecule has 1 aromatic carbocycles. The first-order valence-corrected chi connectivity index (χ1v) is 2.40. The smallest absolute Gasteiger partial charge is 0.0334 e. The number of hydrogen-bond acceptors (Lipinski definition) is 2. The van der Waals surface area contributed by atoms with Crippen molar-refractivity contribution in [2.24, 2.45) is 0 Å². The van der Waals surface area contributed by atoms with Crippen LogP contribution in [0.5, 0.6) is 0 Å². The van der Waals surface area contributed by atoms with Gasteiger partial charge in [0.15, 0.2) is 0 Å². The van der Waals surface area contributed by atoms with Gasteiger partial charge in [0, 0.05) is 40.9 Å². The molecule has 1 rings (SSSR count). The molecule has 0 atom stereocenters. The van der Waals surface area contributed by atoms with E-state index in [1.807, 2.05) is 6.07 Å². The van der Waals surface area contributed by atoms with Crippen LogP contribution < -0.4 is 11.5 Å². The Hall–Kier alpha value is -0.180. The van der Waals surface area contributed by atoms with Crippen molar-refractivity contribution in [3.05, 3.63) is 24.3 Å². The van der Waals surface area contributed by atoms with Gasteiger partial charge >= 0.3 is 0 Å². The van der Waals surface area contributed by atoms with Crippen molar-refractivity contribution in [1.29, 1.82) is 0 Å². The van der Waals surface area contributed by atoms with E-state index >= 15 is 0 Å². The molecule has 0 saturated heterocycles. The van der Waals surface area contributed by atoms with Gasteiger partial charge in [0.2, 0.25) is 0 Å². The summed E-state index contributed by atoms with van der Waals surface area (Å²) in [6.07, 6.45) is 0. The van der Waals surface area contributed by atoms with Crippen LogP contribution in [0.4, 0.5) is 11.4 Å². The van der Waals surface area contributed by atoms with Crippen LogP contribution in [0, 0.1) is 0 Å². The summed E-state index contributed by atoms with van der Waals surface area (Å²) in [5, 5.41) is 0. The van der Waals surface area contributed by atoms with Crippen LogP contribution in [-0.2, 0) is 0 Å². The zero-order valence-corrected chi connectivity index (χ0v) is 7.46. The van der Waals surface area contributed by atoms with Gasteiger partial charge in [-0.05, 0) is 18.2 Å². The van der Waals surface area contributed by atoms with Gasteiger partial charge < -0.3 is 11.5 Å². The molecule has 0 spiro atoms. The third-order valence-corrected chi connectivity index (χ3v) is 0.911. The third kappa shape index (κ3) is 2.75. The predicted molar refractivity (Wildman–Crippen MR) is 41.0 cm³/mol. The number of nitrogens with two attached hydrogens (primary N) is 2. The summed E-state index contributed by atoms with van der Waals surface area (Å²) in [6.45, 7) is 0. The largest absolute Gasteiger partial charge is 0.399 e. The third-order valence-electron chi connectivity index (χ3n) is 0.911. The van der Waals surface area contributed by atoms with Gasteiger partial charge in [-0.2, -0.15) is 0 Å². The quantitative estimate of drug-likeness (QED) is 0.397. The maximum atomic E-state index is 5.38. The molecule has 0 saturated carbocycles.